The number of benzene rings is 3. The minimum Gasteiger partial charge on any atom is -0.507 e. The SMILES string of the molecule is CCOc1cccc(C(O)=C2C(=O)C(=O)N(CCc3ccccc3)C2c2ccc(OCCC(C)C)c(OC)c2)c1. The summed E-state index contributed by atoms with van der Waals surface area (Å²) in [5, 5.41) is 11.5. The lowest BCUT2D eigenvalue weighted by Gasteiger charge is -2.26. The highest BCUT2D eigenvalue weighted by Crippen LogP contribution is 2.42. The average Bonchev–Trinajstić information content (AvgIpc) is 3.21. The number of ether oxygens (including phenoxy) is 3. The van der Waals surface area contributed by atoms with Gasteiger partial charge in [0.25, 0.3) is 11.7 Å². The first-order valence-electron chi connectivity index (χ1n) is 13.7. The Morgan fingerprint density at radius 3 is 2.42 bits per heavy atom. The minimum atomic E-state index is -0.807. The van der Waals surface area contributed by atoms with Gasteiger partial charge < -0.3 is 24.2 Å². The number of hydrogen-bond acceptors (Lipinski definition) is 6. The fourth-order valence-corrected chi connectivity index (χ4v) is 4.78. The van der Waals surface area contributed by atoms with E-state index < -0.39 is 17.7 Å². The number of Topliss-reactive ketones (excluding diaryl/α,β-unsaturated/α-hetero) is 1. The molecule has 0 aromatic heterocycles. The molecule has 1 aliphatic rings. The van der Waals surface area contributed by atoms with Gasteiger partial charge in [-0.25, -0.2) is 0 Å². The van der Waals surface area contributed by atoms with Gasteiger partial charge in [0.1, 0.15) is 11.5 Å². The molecule has 40 heavy (non-hydrogen) atoms. The average molecular weight is 544 g/mol. The molecule has 0 bridgehead atoms. The van der Waals surface area contributed by atoms with E-state index in [2.05, 4.69) is 13.8 Å². The molecule has 0 spiro atoms. The summed E-state index contributed by atoms with van der Waals surface area (Å²) in [5.74, 6) is 0.504. The van der Waals surface area contributed by atoms with Crippen LogP contribution in [0.4, 0.5) is 0 Å². The maximum Gasteiger partial charge on any atom is 0.295 e. The number of methoxy groups -OCH3 is 1. The van der Waals surface area contributed by atoms with Crippen LogP contribution < -0.4 is 14.2 Å². The van der Waals surface area contributed by atoms with E-state index in [1.165, 1.54) is 4.90 Å². The van der Waals surface area contributed by atoms with Crippen molar-refractivity contribution in [2.24, 2.45) is 5.92 Å². The van der Waals surface area contributed by atoms with Gasteiger partial charge in [0, 0.05) is 12.1 Å². The van der Waals surface area contributed by atoms with Crippen LogP contribution in [0.1, 0.15) is 49.9 Å². The van der Waals surface area contributed by atoms with Crippen LogP contribution in [-0.4, -0.2) is 48.6 Å². The summed E-state index contributed by atoms with van der Waals surface area (Å²) in [7, 11) is 1.56. The van der Waals surface area contributed by atoms with Crippen LogP contribution >= 0.6 is 0 Å². The third-order valence-electron chi connectivity index (χ3n) is 6.90. The fraction of sp³-hybridized carbons (Fsp3) is 0.333. The number of rotatable bonds is 12. The van der Waals surface area contributed by atoms with Crippen molar-refractivity contribution >= 4 is 17.4 Å². The number of carbonyl (C=O) groups excluding carboxylic acids is 2. The molecule has 7 heteroatoms. The van der Waals surface area contributed by atoms with E-state index in [9.17, 15) is 14.7 Å². The van der Waals surface area contributed by atoms with Crippen molar-refractivity contribution in [3.63, 3.8) is 0 Å². The maximum absolute atomic E-state index is 13.5. The number of carbonyl (C=O) groups is 2. The Bertz CT molecular complexity index is 1360. The molecule has 1 fully saturated rings. The largest absolute Gasteiger partial charge is 0.507 e. The molecule has 1 unspecified atom stereocenters. The van der Waals surface area contributed by atoms with Crippen LogP contribution in [0.3, 0.4) is 0 Å². The lowest BCUT2D eigenvalue weighted by molar-refractivity contribution is -0.139. The number of aliphatic hydroxyl groups is 1. The second kappa shape index (κ2) is 13.2. The highest BCUT2D eigenvalue weighted by molar-refractivity contribution is 6.46. The lowest BCUT2D eigenvalue weighted by Crippen LogP contribution is -2.31. The highest BCUT2D eigenvalue weighted by atomic mass is 16.5. The molecule has 0 radical (unpaired) electrons. The summed E-state index contributed by atoms with van der Waals surface area (Å²) in [5.41, 5.74) is 2.11. The molecule has 1 atom stereocenters. The van der Waals surface area contributed by atoms with E-state index >= 15 is 0 Å². The van der Waals surface area contributed by atoms with E-state index in [0.29, 0.717) is 60.5 Å². The molecule has 1 heterocycles. The maximum atomic E-state index is 13.5. The van der Waals surface area contributed by atoms with E-state index in [1.54, 1.807) is 43.5 Å². The van der Waals surface area contributed by atoms with E-state index in [-0.39, 0.29) is 11.3 Å². The number of likely N-dealkylation sites (tertiary alicyclic amines) is 1. The van der Waals surface area contributed by atoms with Crippen LogP contribution in [0, 0.1) is 5.92 Å². The van der Waals surface area contributed by atoms with Gasteiger partial charge >= 0.3 is 0 Å². The summed E-state index contributed by atoms with van der Waals surface area (Å²) in [6.07, 6.45) is 1.45. The molecule has 1 amide bonds. The quantitative estimate of drug-likeness (QED) is 0.167. The molecule has 4 rings (SSSR count). The van der Waals surface area contributed by atoms with E-state index in [4.69, 9.17) is 14.2 Å². The summed E-state index contributed by atoms with van der Waals surface area (Å²) in [6, 6.07) is 21.2. The summed E-state index contributed by atoms with van der Waals surface area (Å²) in [6.45, 7) is 7.43. The van der Waals surface area contributed by atoms with Gasteiger partial charge in [-0.05, 0) is 61.1 Å². The standard InChI is InChI=1S/C33H37NO6/c1-5-39-26-13-9-12-25(20-26)31(35)29-30(24-14-15-27(28(21-24)38-4)40-19-17-22(2)3)34(33(37)32(29)36)18-16-23-10-7-6-8-11-23/h6-15,20-22,30,35H,5,16-19H2,1-4H3. The zero-order valence-electron chi connectivity index (χ0n) is 23.6. The monoisotopic (exact) mass is 543 g/mol. The Balaban J connectivity index is 1.77. The molecule has 1 aliphatic heterocycles. The van der Waals surface area contributed by atoms with Gasteiger partial charge in [0.05, 0.1) is 31.9 Å². The van der Waals surface area contributed by atoms with Crippen molar-refractivity contribution in [2.45, 2.75) is 39.7 Å². The number of hydrogen-bond donors (Lipinski definition) is 1. The zero-order chi connectivity index (χ0) is 28.6. The van der Waals surface area contributed by atoms with Gasteiger partial charge in [0.15, 0.2) is 11.5 Å². The first-order valence-corrected chi connectivity index (χ1v) is 13.7. The molecule has 3 aromatic carbocycles. The van der Waals surface area contributed by atoms with Crippen molar-refractivity contribution < 1.29 is 28.9 Å². The van der Waals surface area contributed by atoms with Crippen molar-refractivity contribution in [3.05, 3.63) is 95.1 Å². The minimum absolute atomic E-state index is 0.0299. The molecule has 1 saturated heterocycles. The normalized spacial score (nSPS) is 16.4. The summed E-state index contributed by atoms with van der Waals surface area (Å²) < 4.78 is 17.2. The van der Waals surface area contributed by atoms with Gasteiger partial charge in [-0.3, -0.25) is 9.59 Å². The van der Waals surface area contributed by atoms with Crippen molar-refractivity contribution in [1.82, 2.24) is 4.90 Å². The first-order chi connectivity index (χ1) is 19.3. The van der Waals surface area contributed by atoms with E-state index in [1.807, 2.05) is 43.3 Å². The highest BCUT2D eigenvalue weighted by Gasteiger charge is 2.46. The molecule has 0 saturated carbocycles. The van der Waals surface area contributed by atoms with Gasteiger partial charge in [-0.1, -0.05) is 62.4 Å². The number of aliphatic hydroxyl groups excluding tert-OH is 1. The van der Waals surface area contributed by atoms with Crippen molar-refractivity contribution in [2.75, 3.05) is 26.9 Å². The predicted octanol–water partition coefficient (Wildman–Crippen LogP) is 6.18. The zero-order valence-corrected chi connectivity index (χ0v) is 23.6. The van der Waals surface area contributed by atoms with Gasteiger partial charge in [-0.15, -0.1) is 0 Å². The Labute approximate surface area is 236 Å². The van der Waals surface area contributed by atoms with Gasteiger partial charge in [0.2, 0.25) is 0 Å². The fourth-order valence-electron chi connectivity index (χ4n) is 4.78. The van der Waals surface area contributed by atoms with Crippen molar-refractivity contribution in [3.8, 4) is 17.2 Å². The van der Waals surface area contributed by atoms with E-state index in [0.717, 1.165) is 12.0 Å². The smallest absolute Gasteiger partial charge is 0.295 e. The predicted molar refractivity (Wildman–Crippen MR) is 155 cm³/mol. The topological polar surface area (TPSA) is 85.3 Å². The summed E-state index contributed by atoms with van der Waals surface area (Å²) in [4.78, 5) is 28.4. The Morgan fingerprint density at radius 2 is 1.73 bits per heavy atom. The second-order valence-electron chi connectivity index (χ2n) is 10.1. The Kier molecular flexibility index (Phi) is 9.48. The third-order valence-corrected chi connectivity index (χ3v) is 6.90. The molecular formula is C33H37NO6. The van der Waals surface area contributed by atoms with Crippen LogP contribution in [0.2, 0.25) is 0 Å². The number of ketones is 1. The van der Waals surface area contributed by atoms with Crippen LogP contribution in [0.25, 0.3) is 5.76 Å². The number of amides is 1. The molecular weight excluding hydrogens is 506 g/mol. The first kappa shape index (κ1) is 28.7. The van der Waals surface area contributed by atoms with Crippen LogP contribution in [0.5, 0.6) is 17.2 Å². The summed E-state index contributed by atoms with van der Waals surface area (Å²) >= 11 is 0. The molecule has 210 valence electrons. The third kappa shape index (κ3) is 6.47. The van der Waals surface area contributed by atoms with Crippen LogP contribution in [-0.2, 0) is 16.0 Å². The van der Waals surface area contributed by atoms with Gasteiger partial charge in [-0.2, -0.15) is 0 Å². The number of nitrogens with zero attached hydrogens (tertiary/aromatic N) is 1. The molecule has 0 aliphatic carbocycles. The Hall–Kier alpha value is -4.26. The molecule has 1 N–H and O–H groups in total. The molecule has 3 aromatic rings. The lowest BCUT2D eigenvalue weighted by atomic mass is 9.94. The second-order valence-corrected chi connectivity index (χ2v) is 10.1. The molecule has 7 nitrogen and oxygen atoms in total. The Morgan fingerprint density at radius 1 is 0.950 bits per heavy atom. The van der Waals surface area contributed by atoms with Crippen molar-refractivity contribution in [1.29, 1.82) is 0 Å². The van der Waals surface area contributed by atoms with Crippen LogP contribution in [0.15, 0.2) is 78.4 Å².